The van der Waals surface area contributed by atoms with E-state index < -0.39 is 11.8 Å². The highest BCUT2D eigenvalue weighted by molar-refractivity contribution is 6.07. The molecule has 0 bridgehead atoms. The Morgan fingerprint density at radius 1 is 0.857 bits per heavy atom. The van der Waals surface area contributed by atoms with Crippen LogP contribution in [-0.4, -0.2) is 65.0 Å². The molecule has 4 rings (SSSR count). The number of urea groups is 1. The van der Waals surface area contributed by atoms with Crippen LogP contribution in [0.15, 0.2) is 36.7 Å². The molecule has 4 amide bonds. The van der Waals surface area contributed by atoms with E-state index in [1.807, 2.05) is 4.90 Å². The summed E-state index contributed by atoms with van der Waals surface area (Å²) in [7, 11) is 1.55. The number of nitrogens with zero attached hydrogens (tertiary/aromatic N) is 3. The molecule has 2 heterocycles. The molecule has 1 aliphatic carbocycles. The quantitative estimate of drug-likeness (QED) is 0.584. The number of methoxy groups -OCH3 is 1. The van der Waals surface area contributed by atoms with Crippen LogP contribution >= 0.6 is 0 Å². The highest BCUT2D eigenvalue weighted by Gasteiger charge is 2.27. The maximum absolute atomic E-state index is 12.9. The van der Waals surface area contributed by atoms with Gasteiger partial charge in [0.25, 0.3) is 11.8 Å². The zero-order valence-electron chi connectivity index (χ0n) is 20.0. The van der Waals surface area contributed by atoms with E-state index in [1.54, 1.807) is 31.4 Å². The summed E-state index contributed by atoms with van der Waals surface area (Å²) < 4.78 is 5.11. The molecular formula is C25H32N6O4. The minimum Gasteiger partial charge on any atom is -0.497 e. The van der Waals surface area contributed by atoms with Gasteiger partial charge in [-0.05, 0) is 49.9 Å². The van der Waals surface area contributed by atoms with Crippen molar-refractivity contribution in [2.45, 2.75) is 57.0 Å². The number of carbonyl (C=O) groups excluding carboxylic acids is 3. The average Bonchev–Trinajstić information content (AvgIpc) is 2.90. The predicted octanol–water partition coefficient (Wildman–Crippen LogP) is 2.97. The summed E-state index contributed by atoms with van der Waals surface area (Å²) in [6.07, 6.45) is 9.82. The number of likely N-dealkylation sites (tertiary alicyclic amines) is 1. The molecule has 10 nitrogen and oxygen atoms in total. The number of anilines is 1. The number of hydrogen-bond donors (Lipinski definition) is 3. The molecule has 1 aliphatic heterocycles. The summed E-state index contributed by atoms with van der Waals surface area (Å²) in [5, 5.41) is 8.79. The van der Waals surface area contributed by atoms with Gasteiger partial charge in [0.15, 0.2) is 11.5 Å². The zero-order chi connectivity index (χ0) is 24.6. The molecule has 35 heavy (non-hydrogen) atoms. The van der Waals surface area contributed by atoms with E-state index in [2.05, 4.69) is 25.9 Å². The molecule has 2 aliphatic rings. The second kappa shape index (κ2) is 11.6. The van der Waals surface area contributed by atoms with Crippen molar-refractivity contribution in [2.75, 3.05) is 25.5 Å². The fraction of sp³-hybridized carbons (Fsp3) is 0.480. The Morgan fingerprint density at radius 2 is 1.51 bits per heavy atom. The number of benzene rings is 1. The molecule has 1 aromatic heterocycles. The van der Waals surface area contributed by atoms with Gasteiger partial charge >= 0.3 is 6.03 Å². The molecule has 2 aromatic rings. The molecule has 0 atom stereocenters. The summed E-state index contributed by atoms with van der Waals surface area (Å²) in [6.45, 7) is 1.15. The molecule has 0 spiro atoms. The molecule has 0 radical (unpaired) electrons. The highest BCUT2D eigenvalue weighted by Crippen LogP contribution is 2.19. The first kappa shape index (κ1) is 24.4. The Labute approximate surface area is 204 Å². The molecule has 0 unspecified atom stereocenters. The number of hydrogen-bond acceptors (Lipinski definition) is 6. The third-order valence-electron chi connectivity index (χ3n) is 6.55. The van der Waals surface area contributed by atoms with Crippen LogP contribution in [0.2, 0.25) is 0 Å². The Morgan fingerprint density at radius 3 is 2.20 bits per heavy atom. The van der Waals surface area contributed by atoms with E-state index in [-0.39, 0.29) is 29.6 Å². The second-order valence-electron chi connectivity index (χ2n) is 8.96. The lowest BCUT2D eigenvalue weighted by Crippen LogP contribution is -2.51. The van der Waals surface area contributed by atoms with Crippen LogP contribution in [-0.2, 0) is 0 Å². The smallest absolute Gasteiger partial charge is 0.317 e. The summed E-state index contributed by atoms with van der Waals surface area (Å²) in [4.78, 5) is 48.2. The zero-order valence-corrected chi connectivity index (χ0v) is 20.0. The van der Waals surface area contributed by atoms with Gasteiger partial charge in [-0.15, -0.1) is 0 Å². The van der Waals surface area contributed by atoms with Gasteiger partial charge in [0, 0.05) is 43.1 Å². The molecule has 1 saturated heterocycles. The molecular weight excluding hydrogens is 448 g/mol. The van der Waals surface area contributed by atoms with Crippen LogP contribution in [0.4, 0.5) is 10.6 Å². The van der Waals surface area contributed by atoms with Crippen molar-refractivity contribution in [3.05, 3.63) is 47.9 Å². The van der Waals surface area contributed by atoms with Gasteiger partial charge in [-0.1, -0.05) is 19.3 Å². The number of aromatic nitrogens is 2. The predicted molar refractivity (Wildman–Crippen MR) is 130 cm³/mol. The van der Waals surface area contributed by atoms with Crippen molar-refractivity contribution < 1.29 is 19.1 Å². The summed E-state index contributed by atoms with van der Waals surface area (Å²) >= 11 is 0. The molecule has 3 N–H and O–H groups in total. The maximum Gasteiger partial charge on any atom is 0.317 e. The van der Waals surface area contributed by atoms with E-state index in [0.29, 0.717) is 37.2 Å². The highest BCUT2D eigenvalue weighted by atomic mass is 16.5. The van der Waals surface area contributed by atoms with Crippen molar-refractivity contribution in [1.29, 1.82) is 0 Å². The standard InChI is InChI=1S/C25H32N6O4/c1-35-20-9-7-17(8-10-20)23(32)30-22-21(26-13-14-27-22)24(33)28-19-11-15-31(16-12-19)25(34)29-18-5-3-2-4-6-18/h7-10,13-14,18-19H,2-6,11-12,15-16H2,1H3,(H,28,33)(H,29,34)(H,27,30,32). The minimum absolute atomic E-state index is 0.0147. The largest absolute Gasteiger partial charge is 0.497 e. The molecule has 1 saturated carbocycles. The summed E-state index contributed by atoms with van der Waals surface area (Å²) in [5.41, 5.74) is 0.452. The first-order chi connectivity index (χ1) is 17.0. The Balaban J connectivity index is 1.30. The number of ether oxygens (including phenoxy) is 1. The van der Waals surface area contributed by atoms with Crippen LogP contribution in [0.3, 0.4) is 0 Å². The topological polar surface area (TPSA) is 126 Å². The molecule has 186 valence electrons. The average molecular weight is 481 g/mol. The lowest BCUT2D eigenvalue weighted by atomic mass is 9.95. The second-order valence-corrected chi connectivity index (χ2v) is 8.96. The van der Waals surface area contributed by atoms with Crippen LogP contribution in [0, 0.1) is 0 Å². The van der Waals surface area contributed by atoms with Crippen molar-refractivity contribution in [1.82, 2.24) is 25.5 Å². The van der Waals surface area contributed by atoms with Crippen molar-refractivity contribution >= 4 is 23.7 Å². The van der Waals surface area contributed by atoms with E-state index >= 15 is 0 Å². The number of nitrogens with one attached hydrogen (secondary N) is 3. The number of piperidine rings is 1. The van der Waals surface area contributed by atoms with E-state index in [4.69, 9.17) is 4.74 Å². The van der Waals surface area contributed by atoms with Gasteiger partial charge in [0.1, 0.15) is 5.75 Å². The van der Waals surface area contributed by atoms with Crippen LogP contribution in [0.5, 0.6) is 5.75 Å². The maximum atomic E-state index is 12.9. The molecule has 1 aromatic carbocycles. The van der Waals surface area contributed by atoms with Gasteiger partial charge in [-0.25, -0.2) is 14.8 Å². The van der Waals surface area contributed by atoms with Gasteiger partial charge in [-0.2, -0.15) is 0 Å². The Bertz CT molecular complexity index is 1030. The SMILES string of the molecule is COc1ccc(C(=O)Nc2nccnc2C(=O)NC2CCN(C(=O)NC3CCCCC3)CC2)cc1. The van der Waals surface area contributed by atoms with Crippen LogP contribution in [0.25, 0.3) is 0 Å². The van der Waals surface area contributed by atoms with Crippen molar-refractivity contribution in [2.24, 2.45) is 0 Å². The number of carbonyl (C=O) groups is 3. The van der Waals surface area contributed by atoms with Crippen molar-refractivity contribution in [3.8, 4) is 5.75 Å². The summed E-state index contributed by atoms with van der Waals surface area (Å²) in [6, 6.07) is 6.79. The summed E-state index contributed by atoms with van der Waals surface area (Å²) in [5.74, 6) is -0.0820. The monoisotopic (exact) mass is 480 g/mol. The van der Waals surface area contributed by atoms with Crippen LogP contribution in [0.1, 0.15) is 65.8 Å². The van der Waals surface area contributed by atoms with E-state index in [9.17, 15) is 14.4 Å². The van der Waals surface area contributed by atoms with Gasteiger partial charge in [0.2, 0.25) is 0 Å². The normalized spacial score (nSPS) is 16.9. The lowest BCUT2D eigenvalue weighted by molar-refractivity contribution is 0.0913. The fourth-order valence-electron chi connectivity index (χ4n) is 4.51. The van der Waals surface area contributed by atoms with Gasteiger partial charge in [0.05, 0.1) is 7.11 Å². The third kappa shape index (κ3) is 6.46. The van der Waals surface area contributed by atoms with Crippen molar-refractivity contribution in [3.63, 3.8) is 0 Å². The Hall–Kier alpha value is -3.69. The number of amides is 4. The van der Waals surface area contributed by atoms with Crippen LogP contribution < -0.4 is 20.7 Å². The third-order valence-corrected chi connectivity index (χ3v) is 6.55. The first-order valence-corrected chi connectivity index (χ1v) is 12.2. The first-order valence-electron chi connectivity index (χ1n) is 12.2. The van der Waals surface area contributed by atoms with Gasteiger partial charge in [-0.3, -0.25) is 9.59 Å². The lowest BCUT2D eigenvalue weighted by Gasteiger charge is -2.34. The molecule has 2 fully saturated rings. The fourth-order valence-corrected chi connectivity index (χ4v) is 4.51. The molecule has 10 heteroatoms. The minimum atomic E-state index is -0.409. The van der Waals surface area contributed by atoms with E-state index in [0.717, 1.165) is 12.8 Å². The number of rotatable bonds is 6. The Kier molecular flexibility index (Phi) is 8.12. The van der Waals surface area contributed by atoms with Gasteiger partial charge < -0.3 is 25.6 Å². The van der Waals surface area contributed by atoms with E-state index in [1.165, 1.54) is 31.7 Å².